The Morgan fingerprint density at radius 2 is 1.89 bits per heavy atom. The number of carbonyl (C=O) groups is 1. The van der Waals surface area contributed by atoms with E-state index in [1.807, 2.05) is 0 Å². The van der Waals surface area contributed by atoms with E-state index in [2.05, 4.69) is 5.32 Å². The molecular formula is C12H18N2O4S. The number of nitrogens with one attached hydrogen (secondary N) is 1. The number of ether oxygens (including phenoxy) is 1. The number of sulfonamides is 1. The molecule has 0 unspecified atom stereocenters. The number of hydrogen-bond donors (Lipinski definition) is 2. The molecule has 0 aromatic heterocycles. The van der Waals surface area contributed by atoms with Crippen LogP contribution in [-0.4, -0.2) is 34.6 Å². The van der Waals surface area contributed by atoms with Crippen LogP contribution in [-0.2, 0) is 14.8 Å². The van der Waals surface area contributed by atoms with Gasteiger partial charge in [0.1, 0.15) is 0 Å². The van der Waals surface area contributed by atoms with Gasteiger partial charge in [-0.2, -0.15) is 0 Å². The maximum atomic E-state index is 11.7. The van der Waals surface area contributed by atoms with Gasteiger partial charge in [-0.25, -0.2) is 13.6 Å². The van der Waals surface area contributed by atoms with Crippen molar-refractivity contribution in [2.45, 2.75) is 17.7 Å². The highest BCUT2D eigenvalue weighted by molar-refractivity contribution is 7.89. The predicted molar refractivity (Wildman–Crippen MR) is 71.3 cm³/mol. The second kappa shape index (κ2) is 7.22. The average Bonchev–Trinajstić information content (AvgIpc) is 2.37. The number of amides is 1. The Morgan fingerprint density at radius 3 is 2.42 bits per heavy atom. The van der Waals surface area contributed by atoms with Gasteiger partial charge in [0.2, 0.25) is 10.0 Å². The standard InChI is InChI=1S/C12H18N2O4S/c1-18-9-3-2-8-14-12(15)10-4-6-11(7-5-10)19(13,16)17/h4-7H,2-3,8-9H2,1H3,(H,14,15)(H2,13,16,17). The van der Waals surface area contributed by atoms with Gasteiger partial charge < -0.3 is 10.1 Å². The fourth-order valence-electron chi connectivity index (χ4n) is 1.47. The van der Waals surface area contributed by atoms with Crippen LogP contribution >= 0.6 is 0 Å². The first kappa shape index (κ1) is 15.6. The van der Waals surface area contributed by atoms with E-state index in [4.69, 9.17) is 9.88 Å². The van der Waals surface area contributed by atoms with Crippen LogP contribution in [0.3, 0.4) is 0 Å². The van der Waals surface area contributed by atoms with Crippen LogP contribution in [0, 0.1) is 0 Å². The molecule has 0 aliphatic heterocycles. The van der Waals surface area contributed by atoms with Crippen molar-refractivity contribution in [3.8, 4) is 0 Å². The fourth-order valence-corrected chi connectivity index (χ4v) is 1.99. The molecule has 1 amide bonds. The van der Waals surface area contributed by atoms with E-state index in [1.165, 1.54) is 24.3 Å². The van der Waals surface area contributed by atoms with Crippen molar-refractivity contribution in [3.63, 3.8) is 0 Å². The van der Waals surface area contributed by atoms with E-state index >= 15 is 0 Å². The Balaban J connectivity index is 2.50. The summed E-state index contributed by atoms with van der Waals surface area (Å²) in [6.45, 7) is 1.22. The van der Waals surface area contributed by atoms with Gasteiger partial charge in [0, 0.05) is 25.8 Å². The number of primary sulfonamides is 1. The molecule has 0 spiro atoms. The third-order valence-corrected chi connectivity index (χ3v) is 3.44. The van der Waals surface area contributed by atoms with Gasteiger partial charge in [0.25, 0.3) is 5.91 Å². The van der Waals surface area contributed by atoms with Gasteiger partial charge in [-0.15, -0.1) is 0 Å². The Labute approximate surface area is 113 Å². The van der Waals surface area contributed by atoms with E-state index in [0.29, 0.717) is 18.7 Å². The molecule has 0 saturated heterocycles. The Hall–Kier alpha value is -1.44. The molecule has 106 valence electrons. The van der Waals surface area contributed by atoms with Crippen LogP contribution in [0.2, 0.25) is 0 Å². The molecule has 0 aliphatic rings. The zero-order valence-electron chi connectivity index (χ0n) is 10.8. The molecule has 19 heavy (non-hydrogen) atoms. The van der Waals surface area contributed by atoms with E-state index < -0.39 is 10.0 Å². The van der Waals surface area contributed by atoms with Crippen molar-refractivity contribution in [1.82, 2.24) is 5.32 Å². The summed E-state index contributed by atoms with van der Waals surface area (Å²) in [7, 11) is -2.09. The third-order valence-electron chi connectivity index (χ3n) is 2.51. The quantitative estimate of drug-likeness (QED) is 0.713. The molecule has 1 aromatic rings. The lowest BCUT2D eigenvalue weighted by Crippen LogP contribution is -2.24. The SMILES string of the molecule is COCCCCNC(=O)c1ccc(S(N)(=O)=O)cc1. The second-order valence-corrected chi connectivity index (χ2v) is 5.59. The number of unbranched alkanes of at least 4 members (excludes halogenated alkanes) is 1. The molecule has 0 atom stereocenters. The van der Waals surface area contributed by atoms with Crippen molar-refractivity contribution in [2.75, 3.05) is 20.3 Å². The highest BCUT2D eigenvalue weighted by atomic mass is 32.2. The molecule has 7 heteroatoms. The summed E-state index contributed by atoms with van der Waals surface area (Å²) < 4.78 is 27.0. The lowest BCUT2D eigenvalue weighted by Gasteiger charge is -2.05. The lowest BCUT2D eigenvalue weighted by atomic mass is 10.2. The van der Waals surface area contributed by atoms with Gasteiger partial charge in [-0.1, -0.05) is 0 Å². The first-order valence-electron chi connectivity index (χ1n) is 5.85. The van der Waals surface area contributed by atoms with Gasteiger partial charge in [0.15, 0.2) is 0 Å². The van der Waals surface area contributed by atoms with Crippen LogP contribution in [0.4, 0.5) is 0 Å². The van der Waals surface area contributed by atoms with Gasteiger partial charge >= 0.3 is 0 Å². The summed E-state index contributed by atoms with van der Waals surface area (Å²) in [5.41, 5.74) is 0.402. The van der Waals surface area contributed by atoms with E-state index in [1.54, 1.807) is 7.11 Å². The first-order chi connectivity index (χ1) is 8.95. The van der Waals surface area contributed by atoms with Crippen molar-refractivity contribution in [1.29, 1.82) is 0 Å². The molecule has 0 heterocycles. The van der Waals surface area contributed by atoms with Crippen molar-refractivity contribution in [2.24, 2.45) is 5.14 Å². The molecule has 0 aliphatic carbocycles. The molecule has 1 aromatic carbocycles. The van der Waals surface area contributed by atoms with Crippen molar-refractivity contribution in [3.05, 3.63) is 29.8 Å². The Bertz CT molecular complexity index is 511. The molecule has 0 fully saturated rings. The summed E-state index contributed by atoms with van der Waals surface area (Å²) in [6.07, 6.45) is 1.70. The molecule has 0 saturated carbocycles. The summed E-state index contributed by atoms with van der Waals surface area (Å²) >= 11 is 0. The van der Waals surface area contributed by atoms with Crippen molar-refractivity contribution >= 4 is 15.9 Å². The van der Waals surface area contributed by atoms with Crippen LogP contribution in [0.25, 0.3) is 0 Å². The highest BCUT2D eigenvalue weighted by Crippen LogP contribution is 2.08. The molecule has 0 bridgehead atoms. The molecule has 1 rings (SSSR count). The Morgan fingerprint density at radius 1 is 1.26 bits per heavy atom. The van der Waals surface area contributed by atoms with Gasteiger partial charge in [-0.3, -0.25) is 4.79 Å². The van der Waals surface area contributed by atoms with Crippen LogP contribution < -0.4 is 10.5 Å². The zero-order valence-corrected chi connectivity index (χ0v) is 11.6. The molecule has 0 radical (unpaired) electrons. The molecule has 3 N–H and O–H groups in total. The van der Waals surface area contributed by atoms with E-state index in [-0.39, 0.29) is 10.8 Å². The monoisotopic (exact) mass is 286 g/mol. The molecule has 6 nitrogen and oxygen atoms in total. The average molecular weight is 286 g/mol. The number of carbonyl (C=O) groups excluding carboxylic acids is 1. The predicted octanol–water partition coefficient (Wildman–Crippen LogP) is 0.490. The second-order valence-electron chi connectivity index (χ2n) is 4.03. The van der Waals surface area contributed by atoms with E-state index in [0.717, 1.165) is 12.8 Å². The number of rotatable bonds is 7. The van der Waals surface area contributed by atoms with Crippen LogP contribution in [0.5, 0.6) is 0 Å². The summed E-state index contributed by atoms with van der Waals surface area (Å²) in [6, 6.07) is 5.50. The number of methoxy groups -OCH3 is 1. The summed E-state index contributed by atoms with van der Waals surface area (Å²) in [5, 5.41) is 7.71. The minimum absolute atomic E-state index is 0.0101. The summed E-state index contributed by atoms with van der Waals surface area (Å²) in [4.78, 5) is 11.7. The van der Waals surface area contributed by atoms with Gasteiger partial charge in [0.05, 0.1) is 4.90 Å². The fraction of sp³-hybridized carbons (Fsp3) is 0.417. The maximum absolute atomic E-state index is 11.7. The number of benzene rings is 1. The topological polar surface area (TPSA) is 98.5 Å². The van der Waals surface area contributed by atoms with Gasteiger partial charge in [-0.05, 0) is 37.1 Å². The Kier molecular flexibility index (Phi) is 5.94. The number of hydrogen-bond acceptors (Lipinski definition) is 4. The minimum atomic E-state index is -3.72. The normalized spacial score (nSPS) is 11.3. The van der Waals surface area contributed by atoms with E-state index in [9.17, 15) is 13.2 Å². The maximum Gasteiger partial charge on any atom is 0.251 e. The molecular weight excluding hydrogens is 268 g/mol. The zero-order chi connectivity index (χ0) is 14.3. The lowest BCUT2D eigenvalue weighted by molar-refractivity contribution is 0.0951. The van der Waals surface area contributed by atoms with Crippen LogP contribution in [0.15, 0.2) is 29.2 Å². The minimum Gasteiger partial charge on any atom is -0.385 e. The third kappa shape index (κ3) is 5.37. The smallest absolute Gasteiger partial charge is 0.251 e. The first-order valence-corrected chi connectivity index (χ1v) is 7.40. The number of nitrogens with two attached hydrogens (primary N) is 1. The highest BCUT2D eigenvalue weighted by Gasteiger charge is 2.09. The van der Waals surface area contributed by atoms with Crippen molar-refractivity contribution < 1.29 is 17.9 Å². The van der Waals surface area contributed by atoms with Crippen LogP contribution in [0.1, 0.15) is 23.2 Å². The summed E-state index contributed by atoms with van der Waals surface area (Å²) in [5.74, 6) is -0.238. The largest absolute Gasteiger partial charge is 0.385 e.